The summed E-state index contributed by atoms with van der Waals surface area (Å²) < 4.78 is 16.9. The summed E-state index contributed by atoms with van der Waals surface area (Å²) in [7, 11) is -2.30. The summed E-state index contributed by atoms with van der Waals surface area (Å²) in [6, 6.07) is 7.62. The second-order valence-electron chi connectivity index (χ2n) is 4.68. The molecule has 0 radical (unpaired) electrons. The van der Waals surface area contributed by atoms with Gasteiger partial charge in [-0.3, -0.25) is 4.79 Å². The van der Waals surface area contributed by atoms with E-state index in [-0.39, 0.29) is 0 Å². The van der Waals surface area contributed by atoms with Gasteiger partial charge in [-0.1, -0.05) is 25.5 Å². The minimum atomic E-state index is -2.30. The van der Waals surface area contributed by atoms with Crippen LogP contribution in [0.4, 0.5) is 5.69 Å². The van der Waals surface area contributed by atoms with Crippen LogP contribution in [0.3, 0.4) is 0 Å². The molecular weight excluding hydrogens is 312 g/mol. The van der Waals surface area contributed by atoms with Crippen molar-refractivity contribution in [1.82, 2.24) is 0 Å². The van der Waals surface area contributed by atoms with E-state index in [0.29, 0.717) is 31.1 Å². The number of primary amides is 1. The fraction of sp³-hybridized carbons (Fsp3) is 0.562. The Morgan fingerprint density at radius 1 is 1.00 bits per heavy atom. The number of nitrogen functional groups attached to an aromatic ring is 1. The minimum absolute atomic E-state index is 0.377. The van der Waals surface area contributed by atoms with Crippen LogP contribution in [0, 0.1) is 0 Å². The highest BCUT2D eigenvalue weighted by Crippen LogP contribution is 2.17. The van der Waals surface area contributed by atoms with Crippen molar-refractivity contribution in [2.24, 2.45) is 5.73 Å². The van der Waals surface area contributed by atoms with Crippen molar-refractivity contribution in [1.29, 1.82) is 0 Å². The lowest BCUT2D eigenvalue weighted by molar-refractivity contribution is 0.0711. The summed E-state index contributed by atoms with van der Waals surface area (Å²) in [5.41, 5.74) is 11.2. The van der Waals surface area contributed by atoms with Gasteiger partial charge in [0.25, 0.3) is 5.91 Å². The van der Waals surface area contributed by atoms with Gasteiger partial charge in [0.15, 0.2) is 0 Å². The van der Waals surface area contributed by atoms with Crippen molar-refractivity contribution in [3.05, 3.63) is 29.8 Å². The predicted octanol–water partition coefficient (Wildman–Crippen LogP) is 2.81. The van der Waals surface area contributed by atoms with Crippen LogP contribution in [0.25, 0.3) is 0 Å². The third kappa shape index (κ3) is 8.12. The lowest BCUT2D eigenvalue weighted by Crippen LogP contribution is -2.45. The summed E-state index contributed by atoms with van der Waals surface area (Å²) >= 11 is 0. The van der Waals surface area contributed by atoms with Crippen molar-refractivity contribution in [3.8, 4) is 0 Å². The summed E-state index contributed by atoms with van der Waals surface area (Å²) in [6.45, 7) is 10.1. The Bertz CT molecular complexity index is 428. The number of rotatable bonds is 9. The molecule has 0 aliphatic heterocycles. The lowest BCUT2D eigenvalue weighted by atomic mass is 10.2. The van der Waals surface area contributed by atoms with E-state index in [9.17, 15) is 4.79 Å². The Morgan fingerprint density at radius 2 is 1.48 bits per heavy atom. The number of anilines is 1. The topological polar surface area (TPSA) is 96.8 Å². The largest absolute Gasteiger partial charge is 0.500 e. The molecule has 0 unspecified atom stereocenters. The molecule has 0 aliphatic rings. The van der Waals surface area contributed by atoms with Crippen LogP contribution in [0.2, 0.25) is 6.04 Å². The third-order valence-electron chi connectivity index (χ3n) is 2.88. The Morgan fingerprint density at radius 3 is 1.78 bits per heavy atom. The van der Waals surface area contributed by atoms with Crippen LogP contribution < -0.4 is 11.5 Å². The number of nitrogens with two attached hydrogens (primary N) is 2. The first-order chi connectivity index (χ1) is 11.0. The van der Waals surface area contributed by atoms with E-state index in [0.717, 1.165) is 12.5 Å². The highest BCUT2D eigenvalue weighted by Gasteiger charge is 2.38. The Kier molecular flexibility index (Phi) is 11.3. The zero-order valence-electron chi connectivity index (χ0n) is 14.6. The zero-order valence-corrected chi connectivity index (χ0v) is 15.6. The molecule has 1 amide bonds. The van der Waals surface area contributed by atoms with E-state index in [2.05, 4.69) is 6.92 Å². The van der Waals surface area contributed by atoms with E-state index in [1.165, 1.54) is 0 Å². The molecule has 0 spiro atoms. The Hall–Kier alpha value is -1.41. The number of hydrogen-bond donors (Lipinski definition) is 2. The molecule has 0 saturated heterocycles. The van der Waals surface area contributed by atoms with Crippen LogP contribution in [-0.4, -0.2) is 34.5 Å². The molecule has 0 heterocycles. The molecule has 7 heteroatoms. The number of carbonyl (C=O) groups is 1. The maximum absolute atomic E-state index is 10.6. The van der Waals surface area contributed by atoms with Gasteiger partial charge in [-0.25, -0.2) is 0 Å². The van der Waals surface area contributed by atoms with E-state index < -0.39 is 14.7 Å². The number of carbonyl (C=O) groups excluding carboxylic acids is 1. The van der Waals surface area contributed by atoms with Crippen LogP contribution in [0.15, 0.2) is 24.3 Å². The number of hydrogen-bond acceptors (Lipinski definition) is 5. The summed E-state index contributed by atoms with van der Waals surface area (Å²) in [5, 5.41) is 0. The van der Waals surface area contributed by atoms with Gasteiger partial charge in [0, 0.05) is 31.6 Å². The van der Waals surface area contributed by atoms with Crippen molar-refractivity contribution in [2.45, 2.75) is 40.2 Å². The van der Waals surface area contributed by atoms with Crippen LogP contribution in [0.5, 0.6) is 0 Å². The SMILES string of the molecule is CCC[Si](OCC)(OCC)OCC.NC(=O)c1ccccc1N. The smallest absolute Gasteiger partial charge is 0.398 e. The van der Waals surface area contributed by atoms with Crippen molar-refractivity contribution < 1.29 is 18.1 Å². The fourth-order valence-corrected chi connectivity index (χ4v) is 4.64. The quantitative estimate of drug-likeness (QED) is 0.531. The average Bonchev–Trinajstić information content (AvgIpc) is 2.49. The monoisotopic (exact) mass is 342 g/mol. The van der Waals surface area contributed by atoms with Gasteiger partial charge in [-0.05, 0) is 32.9 Å². The van der Waals surface area contributed by atoms with Gasteiger partial charge in [0.05, 0.1) is 5.56 Å². The van der Waals surface area contributed by atoms with Crippen LogP contribution >= 0.6 is 0 Å². The molecule has 0 atom stereocenters. The van der Waals surface area contributed by atoms with Gasteiger partial charge in [-0.2, -0.15) is 0 Å². The molecule has 0 fully saturated rings. The molecule has 6 nitrogen and oxygen atoms in total. The Balaban J connectivity index is 0.000000433. The van der Waals surface area contributed by atoms with E-state index >= 15 is 0 Å². The summed E-state index contributed by atoms with van der Waals surface area (Å²) in [6.07, 6.45) is 1.05. The average molecular weight is 343 g/mol. The molecule has 0 aliphatic carbocycles. The number of benzene rings is 1. The molecule has 1 aromatic rings. The third-order valence-corrected chi connectivity index (χ3v) is 6.17. The normalized spacial score (nSPS) is 10.8. The molecule has 0 saturated carbocycles. The molecule has 0 bridgehead atoms. The second-order valence-corrected chi connectivity index (χ2v) is 7.42. The first-order valence-corrected chi connectivity index (χ1v) is 9.95. The van der Waals surface area contributed by atoms with E-state index in [1.807, 2.05) is 20.8 Å². The van der Waals surface area contributed by atoms with Gasteiger partial charge in [-0.15, -0.1) is 0 Å². The zero-order chi connectivity index (χ0) is 17.7. The maximum atomic E-state index is 10.6. The highest BCUT2D eigenvalue weighted by molar-refractivity contribution is 6.60. The van der Waals surface area contributed by atoms with Crippen molar-refractivity contribution in [2.75, 3.05) is 25.6 Å². The minimum Gasteiger partial charge on any atom is -0.398 e. The molecular formula is C16H30N2O4Si. The summed E-state index contributed by atoms with van der Waals surface area (Å²) in [4.78, 5) is 10.6. The first-order valence-electron chi connectivity index (χ1n) is 8.02. The fourth-order valence-electron chi connectivity index (χ4n) is 2.03. The van der Waals surface area contributed by atoms with Crippen LogP contribution in [0.1, 0.15) is 44.5 Å². The first kappa shape index (κ1) is 21.6. The van der Waals surface area contributed by atoms with Crippen molar-refractivity contribution in [3.63, 3.8) is 0 Å². The highest BCUT2D eigenvalue weighted by atomic mass is 28.4. The van der Waals surface area contributed by atoms with Crippen LogP contribution in [-0.2, 0) is 13.3 Å². The summed E-state index contributed by atoms with van der Waals surface area (Å²) in [5.74, 6) is -0.488. The molecule has 1 rings (SSSR count). The molecule has 4 N–H and O–H groups in total. The maximum Gasteiger partial charge on any atom is 0.500 e. The molecule has 132 valence electrons. The Labute approximate surface area is 140 Å². The van der Waals surface area contributed by atoms with Gasteiger partial charge in [0.1, 0.15) is 0 Å². The number of amides is 1. The lowest BCUT2D eigenvalue weighted by Gasteiger charge is -2.27. The molecule has 23 heavy (non-hydrogen) atoms. The molecule has 0 aromatic heterocycles. The number of para-hydroxylation sites is 1. The second kappa shape index (κ2) is 12.1. The standard InChI is InChI=1S/C9H22O3Si.C7H8N2O/c1-5-9-13(10-6-2,11-7-3)12-8-4;8-6-4-2-1-3-5(6)7(9)10/h5-9H2,1-4H3;1-4H,8H2,(H2,9,10). The van der Waals surface area contributed by atoms with Gasteiger partial charge < -0.3 is 24.7 Å². The van der Waals surface area contributed by atoms with Crippen molar-refractivity contribution >= 4 is 20.4 Å². The predicted molar refractivity (Wildman–Crippen MR) is 95.1 cm³/mol. The van der Waals surface area contributed by atoms with Gasteiger partial charge in [0.2, 0.25) is 0 Å². The van der Waals surface area contributed by atoms with Gasteiger partial charge >= 0.3 is 8.80 Å². The van der Waals surface area contributed by atoms with E-state index in [1.54, 1.807) is 24.3 Å². The molecule has 1 aromatic carbocycles. The van der Waals surface area contributed by atoms with E-state index in [4.69, 9.17) is 24.7 Å².